The molecule has 0 bridgehead atoms. The molecule has 21 heavy (non-hydrogen) atoms. The third-order valence-electron chi connectivity index (χ3n) is 3.11. The van der Waals surface area contributed by atoms with E-state index in [0.29, 0.717) is 10.9 Å². The van der Waals surface area contributed by atoms with E-state index in [1.807, 2.05) is 0 Å². The number of fused-ring (bicyclic) bond motifs is 1. The molecular weight excluding hydrogens is 271 g/mol. The fourth-order valence-electron chi connectivity index (χ4n) is 2.07. The highest BCUT2D eigenvalue weighted by molar-refractivity contribution is 5.92. The normalized spacial score (nSPS) is 10.5. The van der Waals surface area contributed by atoms with E-state index in [-0.39, 0.29) is 16.9 Å². The second-order valence-electron chi connectivity index (χ2n) is 4.54. The van der Waals surface area contributed by atoms with Crippen molar-refractivity contribution < 1.29 is 19.0 Å². The molecule has 0 amide bonds. The van der Waals surface area contributed by atoms with Crippen LogP contribution in [0.15, 0.2) is 60.7 Å². The fraction of sp³-hybridized carbons (Fsp3) is 0. The second kappa shape index (κ2) is 5.25. The SMILES string of the molecule is O=C(Oc1ccc2cc(O)ccc2c1F)c1ccccc1. The topological polar surface area (TPSA) is 46.5 Å². The Morgan fingerprint density at radius 1 is 1.00 bits per heavy atom. The van der Waals surface area contributed by atoms with Crippen LogP contribution in [0, 0.1) is 5.82 Å². The summed E-state index contributed by atoms with van der Waals surface area (Å²) in [6.07, 6.45) is 0. The van der Waals surface area contributed by atoms with Crippen LogP contribution in [0.5, 0.6) is 11.5 Å². The van der Waals surface area contributed by atoms with Crippen molar-refractivity contribution >= 4 is 16.7 Å². The van der Waals surface area contributed by atoms with Crippen LogP contribution >= 0.6 is 0 Å². The highest BCUT2D eigenvalue weighted by atomic mass is 19.1. The number of carbonyl (C=O) groups excluding carboxylic acids is 1. The molecular formula is C17H11FO3. The molecule has 0 fully saturated rings. The third kappa shape index (κ3) is 2.56. The van der Waals surface area contributed by atoms with E-state index in [0.717, 1.165) is 0 Å². The summed E-state index contributed by atoms with van der Waals surface area (Å²) < 4.78 is 19.4. The molecule has 0 saturated heterocycles. The summed E-state index contributed by atoms with van der Waals surface area (Å²) in [5, 5.41) is 10.2. The molecule has 104 valence electrons. The van der Waals surface area contributed by atoms with Gasteiger partial charge in [0, 0.05) is 5.39 Å². The Bertz CT molecular complexity index is 813. The average Bonchev–Trinajstić information content (AvgIpc) is 2.51. The number of benzene rings is 3. The lowest BCUT2D eigenvalue weighted by Crippen LogP contribution is -2.09. The lowest BCUT2D eigenvalue weighted by Gasteiger charge is -2.08. The van der Waals surface area contributed by atoms with Crippen molar-refractivity contribution in [1.29, 1.82) is 0 Å². The summed E-state index contributed by atoms with van der Waals surface area (Å²) >= 11 is 0. The monoisotopic (exact) mass is 282 g/mol. The smallest absolute Gasteiger partial charge is 0.343 e. The Labute approximate surface area is 120 Å². The summed E-state index contributed by atoms with van der Waals surface area (Å²) in [6, 6.07) is 15.6. The van der Waals surface area contributed by atoms with Crippen LogP contribution in [0.2, 0.25) is 0 Å². The minimum atomic E-state index is -0.628. The van der Waals surface area contributed by atoms with Crippen molar-refractivity contribution in [2.24, 2.45) is 0 Å². The van der Waals surface area contributed by atoms with E-state index in [1.54, 1.807) is 36.4 Å². The Balaban J connectivity index is 1.96. The number of phenols is 1. The molecule has 0 unspecified atom stereocenters. The van der Waals surface area contributed by atoms with Crippen LogP contribution in [-0.4, -0.2) is 11.1 Å². The minimum absolute atomic E-state index is 0.0518. The minimum Gasteiger partial charge on any atom is -0.508 e. The standard InChI is InChI=1S/C17H11FO3/c18-16-14-8-7-13(19)10-12(14)6-9-15(16)21-17(20)11-4-2-1-3-5-11/h1-10,19H. The van der Waals surface area contributed by atoms with Crippen molar-refractivity contribution in [2.75, 3.05) is 0 Å². The Morgan fingerprint density at radius 2 is 1.76 bits per heavy atom. The van der Waals surface area contributed by atoms with Crippen molar-refractivity contribution in [1.82, 2.24) is 0 Å². The van der Waals surface area contributed by atoms with Gasteiger partial charge >= 0.3 is 5.97 Å². The first-order valence-corrected chi connectivity index (χ1v) is 6.33. The molecule has 3 rings (SSSR count). The van der Waals surface area contributed by atoms with Crippen molar-refractivity contribution in [3.63, 3.8) is 0 Å². The van der Waals surface area contributed by atoms with Gasteiger partial charge < -0.3 is 9.84 Å². The van der Waals surface area contributed by atoms with Gasteiger partial charge in [0.2, 0.25) is 0 Å². The lowest BCUT2D eigenvalue weighted by molar-refractivity contribution is 0.0728. The van der Waals surface area contributed by atoms with Gasteiger partial charge in [-0.25, -0.2) is 9.18 Å². The molecule has 0 radical (unpaired) electrons. The quantitative estimate of drug-likeness (QED) is 0.572. The van der Waals surface area contributed by atoms with Gasteiger partial charge in [0.1, 0.15) is 5.75 Å². The van der Waals surface area contributed by atoms with Crippen molar-refractivity contribution in [3.8, 4) is 11.5 Å². The molecule has 3 aromatic carbocycles. The molecule has 1 N–H and O–H groups in total. The summed E-state index contributed by atoms with van der Waals surface area (Å²) in [4.78, 5) is 11.9. The third-order valence-corrected chi connectivity index (χ3v) is 3.11. The average molecular weight is 282 g/mol. The van der Waals surface area contributed by atoms with Gasteiger partial charge in [0.05, 0.1) is 5.56 Å². The molecule has 4 heteroatoms. The number of hydrogen-bond acceptors (Lipinski definition) is 3. The first-order chi connectivity index (χ1) is 10.1. The number of hydrogen-bond donors (Lipinski definition) is 1. The number of carbonyl (C=O) groups is 1. The van der Waals surface area contributed by atoms with Crippen LogP contribution in [0.25, 0.3) is 10.8 Å². The van der Waals surface area contributed by atoms with Gasteiger partial charge in [0.15, 0.2) is 11.6 Å². The summed E-state index contributed by atoms with van der Waals surface area (Å²) in [7, 11) is 0. The molecule has 3 aromatic rings. The summed E-state index contributed by atoms with van der Waals surface area (Å²) in [6.45, 7) is 0. The maximum absolute atomic E-state index is 14.3. The summed E-state index contributed by atoms with van der Waals surface area (Å²) in [5.74, 6) is -1.33. The second-order valence-corrected chi connectivity index (χ2v) is 4.54. The van der Waals surface area contributed by atoms with E-state index in [1.165, 1.54) is 24.3 Å². The van der Waals surface area contributed by atoms with Crippen LogP contribution in [0.1, 0.15) is 10.4 Å². The van der Waals surface area contributed by atoms with E-state index in [4.69, 9.17) is 4.74 Å². The predicted molar refractivity (Wildman–Crippen MR) is 77.0 cm³/mol. The zero-order valence-electron chi connectivity index (χ0n) is 10.9. The largest absolute Gasteiger partial charge is 0.508 e. The number of phenolic OH excluding ortho intramolecular Hbond substituents is 1. The molecule has 0 spiro atoms. The maximum atomic E-state index is 14.3. The van der Waals surface area contributed by atoms with Gasteiger partial charge in [-0.3, -0.25) is 0 Å². The number of esters is 1. The van der Waals surface area contributed by atoms with E-state index >= 15 is 0 Å². The summed E-state index contributed by atoms with van der Waals surface area (Å²) in [5.41, 5.74) is 0.350. The number of aromatic hydroxyl groups is 1. The van der Waals surface area contributed by atoms with Crippen LogP contribution < -0.4 is 4.74 Å². The molecule has 0 aliphatic heterocycles. The molecule has 0 saturated carbocycles. The highest BCUT2D eigenvalue weighted by Crippen LogP contribution is 2.29. The molecule has 3 nitrogen and oxygen atoms in total. The van der Waals surface area contributed by atoms with Gasteiger partial charge in [-0.2, -0.15) is 0 Å². The molecule has 0 aliphatic rings. The number of ether oxygens (including phenoxy) is 1. The molecule has 0 aliphatic carbocycles. The van der Waals surface area contributed by atoms with Crippen molar-refractivity contribution in [2.45, 2.75) is 0 Å². The van der Waals surface area contributed by atoms with E-state index in [9.17, 15) is 14.3 Å². The van der Waals surface area contributed by atoms with Gasteiger partial charge in [0.25, 0.3) is 0 Å². The van der Waals surface area contributed by atoms with Crippen LogP contribution in [0.3, 0.4) is 0 Å². The van der Waals surface area contributed by atoms with Crippen LogP contribution in [-0.2, 0) is 0 Å². The highest BCUT2D eigenvalue weighted by Gasteiger charge is 2.14. The Morgan fingerprint density at radius 3 is 2.52 bits per heavy atom. The lowest BCUT2D eigenvalue weighted by atomic mass is 10.1. The van der Waals surface area contributed by atoms with Gasteiger partial charge in [-0.15, -0.1) is 0 Å². The van der Waals surface area contributed by atoms with E-state index in [2.05, 4.69) is 0 Å². The zero-order valence-corrected chi connectivity index (χ0v) is 10.9. The predicted octanol–water partition coefficient (Wildman–Crippen LogP) is 3.90. The number of halogens is 1. The first-order valence-electron chi connectivity index (χ1n) is 6.33. The Hall–Kier alpha value is -2.88. The first kappa shape index (κ1) is 13.1. The number of rotatable bonds is 2. The Kier molecular flexibility index (Phi) is 3.28. The molecule has 0 atom stereocenters. The van der Waals surface area contributed by atoms with Gasteiger partial charge in [-0.1, -0.05) is 24.3 Å². The fourth-order valence-corrected chi connectivity index (χ4v) is 2.07. The van der Waals surface area contributed by atoms with E-state index < -0.39 is 11.8 Å². The molecule has 0 aromatic heterocycles. The van der Waals surface area contributed by atoms with Crippen LogP contribution in [0.4, 0.5) is 4.39 Å². The van der Waals surface area contributed by atoms with Gasteiger partial charge in [-0.05, 0) is 41.8 Å². The maximum Gasteiger partial charge on any atom is 0.343 e. The molecule has 0 heterocycles. The van der Waals surface area contributed by atoms with Crippen molar-refractivity contribution in [3.05, 3.63) is 72.0 Å². The zero-order chi connectivity index (χ0) is 14.8.